The average molecular weight is 223 g/mol. The average Bonchev–Trinajstić information content (AvgIpc) is 2.18. The van der Waals surface area contributed by atoms with E-state index in [0.717, 1.165) is 0 Å². The van der Waals surface area contributed by atoms with Crippen molar-refractivity contribution in [3.05, 3.63) is 29.3 Å². The molecule has 0 aromatic heterocycles. The van der Waals surface area contributed by atoms with Crippen molar-refractivity contribution in [2.24, 2.45) is 16.0 Å². The lowest BCUT2D eigenvalue weighted by atomic mass is 10.3. The molecule has 0 radical (unpaired) electrons. The lowest BCUT2D eigenvalue weighted by Crippen LogP contribution is -2.24. The number of carbonyl (C=O) groups excluding carboxylic acids is 1. The van der Waals surface area contributed by atoms with Crippen molar-refractivity contribution in [3.8, 4) is 6.07 Å². The maximum Gasteiger partial charge on any atom is 0.258 e. The number of carbonyl (C=O) groups is 1. The zero-order valence-corrected chi connectivity index (χ0v) is 8.35. The van der Waals surface area contributed by atoms with E-state index in [2.05, 4.69) is 10.2 Å². The van der Waals surface area contributed by atoms with Gasteiger partial charge >= 0.3 is 0 Å². The van der Waals surface area contributed by atoms with Gasteiger partial charge in [-0.05, 0) is 18.2 Å². The largest absolute Gasteiger partial charge is 0.367 e. The van der Waals surface area contributed by atoms with E-state index >= 15 is 0 Å². The Morgan fingerprint density at radius 2 is 2.33 bits per heavy atom. The van der Waals surface area contributed by atoms with E-state index < -0.39 is 11.9 Å². The molecule has 0 aliphatic rings. The first kappa shape index (κ1) is 11.1. The van der Waals surface area contributed by atoms with Crippen LogP contribution in [0.25, 0.3) is 0 Å². The molecule has 1 atom stereocenters. The van der Waals surface area contributed by atoms with Crippen LogP contribution in [0.1, 0.15) is 0 Å². The SMILES string of the molecule is N#CC(N=Nc1cccc(Cl)c1)C(N)=O. The third-order valence-corrected chi connectivity index (χ3v) is 1.72. The summed E-state index contributed by atoms with van der Waals surface area (Å²) in [5, 5.41) is 16.2. The highest BCUT2D eigenvalue weighted by Gasteiger charge is 2.11. The highest BCUT2D eigenvalue weighted by Crippen LogP contribution is 2.18. The van der Waals surface area contributed by atoms with Crippen LogP contribution in [-0.2, 0) is 4.79 Å². The summed E-state index contributed by atoms with van der Waals surface area (Å²) in [5.74, 6) is -0.830. The molecule has 1 aromatic rings. The Labute approximate surface area is 91.2 Å². The molecule has 0 aliphatic heterocycles. The van der Waals surface area contributed by atoms with E-state index in [1.165, 1.54) is 0 Å². The minimum absolute atomic E-state index is 0.462. The molecule has 1 unspecified atom stereocenters. The van der Waals surface area contributed by atoms with Gasteiger partial charge in [-0.2, -0.15) is 15.5 Å². The van der Waals surface area contributed by atoms with E-state index in [0.29, 0.717) is 10.7 Å². The van der Waals surface area contributed by atoms with Crippen molar-refractivity contribution in [1.82, 2.24) is 0 Å². The summed E-state index contributed by atoms with van der Waals surface area (Å²) in [6, 6.07) is 6.92. The summed E-state index contributed by atoms with van der Waals surface area (Å²) in [6.45, 7) is 0. The molecular formula is C9H7ClN4O. The molecule has 1 amide bonds. The molecular weight excluding hydrogens is 216 g/mol. The second kappa shape index (κ2) is 5.08. The van der Waals surface area contributed by atoms with E-state index in [1.54, 1.807) is 30.3 Å². The van der Waals surface area contributed by atoms with Gasteiger partial charge in [-0.15, -0.1) is 0 Å². The summed E-state index contributed by atoms with van der Waals surface area (Å²) in [6.07, 6.45) is 0. The van der Waals surface area contributed by atoms with Gasteiger partial charge in [0.05, 0.1) is 5.69 Å². The molecule has 5 nitrogen and oxygen atoms in total. The molecule has 6 heteroatoms. The number of rotatable bonds is 3. The number of nitriles is 1. The van der Waals surface area contributed by atoms with Crippen LogP contribution >= 0.6 is 11.6 Å². The van der Waals surface area contributed by atoms with E-state index in [9.17, 15) is 4.79 Å². The molecule has 0 heterocycles. The minimum atomic E-state index is -1.26. The Balaban J connectivity index is 2.82. The van der Waals surface area contributed by atoms with Crippen LogP contribution in [-0.4, -0.2) is 11.9 Å². The monoisotopic (exact) mass is 222 g/mol. The molecule has 0 saturated heterocycles. The molecule has 0 spiro atoms. The van der Waals surface area contributed by atoms with Crippen LogP contribution < -0.4 is 5.73 Å². The summed E-state index contributed by atoms with van der Waals surface area (Å²) >= 11 is 5.70. The summed E-state index contributed by atoms with van der Waals surface area (Å²) in [4.78, 5) is 10.6. The lowest BCUT2D eigenvalue weighted by Gasteiger charge is -1.95. The van der Waals surface area contributed by atoms with Gasteiger partial charge in [-0.25, -0.2) is 0 Å². The molecule has 0 bridgehead atoms. The highest BCUT2D eigenvalue weighted by molar-refractivity contribution is 6.30. The van der Waals surface area contributed by atoms with Crippen LogP contribution in [0.2, 0.25) is 5.02 Å². The molecule has 0 aliphatic carbocycles. The fraction of sp³-hybridized carbons (Fsp3) is 0.111. The predicted molar refractivity (Wildman–Crippen MR) is 54.6 cm³/mol. The number of halogens is 1. The van der Waals surface area contributed by atoms with E-state index in [4.69, 9.17) is 22.6 Å². The fourth-order valence-corrected chi connectivity index (χ4v) is 0.994. The first-order valence-electron chi connectivity index (χ1n) is 3.99. The normalized spacial score (nSPS) is 12.3. The predicted octanol–water partition coefficient (Wildman–Crippen LogP) is 1.80. The zero-order valence-electron chi connectivity index (χ0n) is 7.59. The Morgan fingerprint density at radius 1 is 1.60 bits per heavy atom. The Kier molecular flexibility index (Phi) is 3.77. The number of benzene rings is 1. The van der Waals surface area contributed by atoms with Crippen LogP contribution in [0, 0.1) is 11.3 Å². The third kappa shape index (κ3) is 3.37. The van der Waals surface area contributed by atoms with Crippen LogP contribution in [0.3, 0.4) is 0 Å². The number of azo groups is 1. The first-order chi connectivity index (χ1) is 7.13. The van der Waals surface area contributed by atoms with E-state index in [-0.39, 0.29) is 0 Å². The molecule has 76 valence electrons. The minimum Gasteiger partial charge on any atom is -0.367 e. The second-order valence-electron chi connectivity index (χ2n) is 2.63. The van der Waals surface area contributed by atoms with Gasteiger partial charge in [0.15, 0.2) is 0 Å². The van der Waals surface area contributed by atoms with Crippen molar-refractivity contribution in [2.45, 2.75) is 6.04 Å². The van der Waals surface area contributed by atoms with Gasteiger partial charge in [-0.3, -0.25) is 4.79 Å². The van der Waals surface area contributed by atoms with Crippen molar-refractivity contribution < 1.29 is 4.79 Å². The number of nitrogens with zero attached hydrogens (tertiary/aromatic N) is 3. The lowest BCUT2D eigenvalue weighted by molar-refractivity contribution is -0.118. The molecule has 1 rings (SSSR count). The summed E-state index contributed by atoms with van der Waals surface area (Å²) < 4.78 is 0. The quantitative estimate of drug-likeness (QED) is 0.790. The topological polar surface area (TPSA) is 91.6 Å². The molecule has 0 fully saturated rings. The summed E-state index contributed by atoms with van der Waals surface area (Å²) in [7, 11) is 0. The highest BCUT2D eigenvalue weighted by atomic mass is 35.5. The van der Waals surface area contributed by atoms with Crippen molar-refractivity contribution >= 4 is 23.2 Å². The fourth-order valence-electron chi connectivity index (χ4n) is 0.809. The second-order valence-corrected chi connectivity index (χ2v) is 3.07. The van der Waals surface area contributed by atoms with Crippen LogP contribution in [0.15, 0.2) is 34.5 Å². The van der Waals surface area contributed by atoms with Crippen molar-refractivity contribution in [1.29, 1.82) is 5.26 Å². The smallest absolute Gasteiger partial charge is 0.258 e. The Hall–Kier alpha value is -1.93. The maximum atomic E-state index is 10.6. The van der Waals surface area contributed by atoms with Gasteiger partial charge in [0.1, 0.15) is 6.07 Å². The molecule has 0 saturated carbocycles. The van der Waals surface area contributed by atoms with Gasteiger partial charge in [0.25, 0.3) is 5.91 Å². The molecule has 1 aromatic carbocycles. The number of hydrogen-bond donors (Lipinski definition) is 1. The molecule has 2 N–H and O–H groups in total. The van der Waals surface area contributed by atoms with Crippen LogP contribution in [0.4, 0.5) is 5.69 Å². The van der Waals surface area contributed by atoms with Gasteiger partial charge in [0.2, 0.25) is 6.04 Å². The Bertz CT molecular complexity index is 438. The van der Waals surface area contributed by atoms with Gasteiger partial charge in [-0.1, -0.05) is 17.7 Å². The standard InChI is InChI=1S/C9H7ClN4O/c10-6-2-1-3-7(4-6)13-14-8(5-11)9(12)15/h1-4,8H,(H2,12,15). The van der Waals surface area contributed by atoms with Gasteiger partial charge < -0.3 is 5.73 Å². The van der Waals surface area contributed by atoms with E-state index in [1.807, 2.05) is 0 Å². The van der Waals surface area contributed by atoms with Crippen molar-refractivity contribution in [3.63, 3.8) is 0 Å². The number of hydrogen-bond acceptors (Lipinski definition) is 4. The van der Waals surface area contributed by atoms with Crippen LogP contribution in [0.5, 0.6) is 0 Å². The third-order valence-electron chi connectivity index (χ3n) is 1.49. The zero-order chi connectivity index (χ0) is 11.3. The summed E-state index contributed by atoms with van der Waals surface area (Å²) in [5.41, 5.74) is 5.36. The first-order valence-corrected chi connectivity index (χ1v) is 4.36. The van der Waals surface area contributed by atoms with Gasteiger partial charge in [0, 0.05) is 5.02 Å². The number of nitrogens with two attached hydrogens (primary N) is 1. The molecule has 15 heavy (non-hydrogen) atoms. The number of amides is 1. The maximum absolute atomic E-state index is 10.6. The Morgan fingerprint density at radius 3 is 2.87 bits per heavy atom. The van der Waals surface area contributed by atoms with Crippen molar-refractivity contribution in [2.75, 3.05) is 0 Å². The number of primary amides is 1.